The van der Waals surface area contributed by atoms with Gasteiger partial charge in [-0.1, -0.05) is 17.3 Å². The molecule has 4 heteroatoms. The Morgan fingerprint density at radius 1 is 1.50 bits per heavy atom. The standard InChI is InChI=1S/C10H11ClN2O/c1-7(6-11)12-10-8-4-2-3-5-9(8)14-13-10/h2-5,7H,6H2,1H3,(H,12,13). The summed E-state index contributed by atoms with van der Waals surface area (Å²) < 4.78 is 5.14. The number of alkyl halides is 1. The Kier molecular flexibility index (Phi) is 2.59. The Balaban J connectivity index is 2.33. The van der Waals surface area contributed by atoms with Gasteiger partial charge in [0.05, 0.1) is 5.39 Å². The lowest BCUT2D eigenvalue weighted by molar-refractivity contribution is 0.458. The van der Waals surface area contributed by atoms with Gasteiger partial charge in [0.1, 0.15) is 0 Å². The first-order valence-corrected chi connectivity index (χ1v) is 5.01. The summed E-state index contributed by atoms with van der Waals surface area (Å²) in [6, 6.07) is 7.91. The maximum Gasteiger partial charge on any atom is 0.177 e. The Bertz CT molecular complexity index is 427. The average Bonchev–Trinajstić information content (AvgIpc) is 2.62. The van der Waals surface area contributed by atoms with Crippen molar-refractivity contribution < 1.29 is 4.52 Å². The van der Waals surface area contributed by atoms with Crippen LogP contribution < -0.4 is 5.32 Å². The number of halogens is 1. The smallest absolute Gasteiger partial charge is 0.177 e. The van der Waals surface area contributed by atoms with E-state index in [1.165, 1.54) is 0 Å². The molecule has 14 heavy (non-hydrogen) atoms. The molecule has 2 aromatic rings. The molecular weight excluding hydrogens is 200 g/mol. The van der Waals surface area contributed by atoms with Crippen LogP contribution in [0.5, 0.6) is 0 Å². The molecule has 0 bridgehead atoms. The van der Waals surface area contributed by atoms with Gasteiger partial charge in [0, 0.05) is 11.9 Å². The summed E-state index contributed by atoms with van der Waals surface area (Å²) >= 11 is 5.70. The molecule has 0 radical (unpaired) electrons. The molecule has 0 fully saturated rings. The summed E-state index contributed by atoms with van der Waals surface area (Å²) in [4.78, 5) is 0. The highest BCUT2D eigenvalue weighted by atomic mass is 35.5. The van der Waals surface area contributed by atoms with Crippen molar-refractivity contribution in [2.24, 2.45) is 0 Å². The summed E-state index contributed by atoms with van der Waals surface area (Å²) in [5.41, 5.74) is 0.789. The lowest BCUT2D eigenvalue weighted by Crippen LogP contribution is -2.16. The predicted molar refractivity (Wildman–Crippen MR) is 57.8 cm³/mol. The second-order valence-corrected chi connectivity index (χ2v) is 3.54. The quantitative estimate of drug-likeness (QED) is 0.792. The normalized spacial score (nSPS) is 13.0. The second kappa shape index (κ2) is 3.88. The molecule has 1 atom stereocenters. The third-order valence-corrected chi connectivity index (χ3v) is 2.45. The number of hydrogen-bond donors (Lipinski definition) is 1. The molecule has 0 saturated carbocycles. The van der Waals surface area contributed by atoms with Crippen LogP contribution in [0.4, 0.5) is 5.82 Å². The van der Waals surface area contributed by atoms with Gasteiger partial charge in [0.25, 0.3) is 0 Å². The summed E-state index contributed by atoms with van der Waals surface area (Å²) in [5, 5.41) is 8.11. The Morgan fingerprint density at radius 2 is 2.29 bits per heavy atom. The molecule has 3 nitrogen and oxygen atoms in total. The van der Waals surface area contributed by atoms with E-state index in [0.29, 0.717) is 5.88 Å². The molecule has 0 amide bonds. The van der Waals surface area contributed by atoms with E-state index in [-0.39, 0.29) is 6.04 Å². The van der Waals surface area contributed by atoms with Crippen LogP contribution in [0, 0.1) is 0 Å². The highest BCUT2D eigenvalue weighted by Gasteiger charge is 2.08. The van der Waals surface area contributed by atoms with Gasteiger partial charge in [-0.25, -0.2) is 0 Å². The fraction of sp³-hybridized carbons (Fsp3) is 0.300. The number of fused-ring (bicyclic) bond motifs is 1. The molecular formula is C10H11ClN2O. The van der Waals surface area contributed by atoms with Crippen molar-refractivity contribution >= 4 is 28.4 Å². The monoisotopic (exact) mass is 210 g/mol. The highest BCUT2D eigenvalue weighted by molar-refractivity contribution is 6.18. The van der Waals surface area contributed by atoms with E-state index in [1.807, 2.05) is 31.2 Å². The molecule has 1 N–H and O–H groups in total. The van der Waals surface area contributed by atoms with E-state index in [1.54, 1.807) is 0 Å². The van der Waals surface area contributed by atoms with Crippen LogP contribution in [0.2, 0.25) is 0 Å². The molecule has 0 aliphatic heterocycles. The average molecular weight is 211 g/mol. The van der Waals surface area contributed by atoms with Crippen molar-refractivity contribution in [3.05, 3.63) is 24.3 Å². The van der Waals surface area contributed by atoms with Crippen LogP contribution in [0.15, 0.2) is 28.8 Å². The Hall–Kier alpha value is -1.22. The lowest BCUT2D eigenvalue weighted by Gasteiger charge is -2.07. The molecule has 0 aliphatic rings. The van der Waals surface area contributed by atoms with E-state index in [2.05, 4.69) is 10.5 Å². The van der Waals surface area contributed by atoms with Crippen molar-refractivity contribution in [1.29, 1.82) is 0 Å². The number of benzene rings is 1. The Labute approximate surface area is 87.0 Å². The van der Waals surface area contributed by atoms with Gasteiger partial charge in [-0.3, -0.25) is 0 Å². The Morgan fingerprint density at radius 3 is 3.07 bits per heavy atom. The summed E-state index contributed by atoms with van der Waals surface area (Å²) in [6.45, 7) is 2.00. The maximum absolute atomic E-state index is 5.70. The van der Waals surface area contributed by atoms with Gasteiger partial charge in [0.2, 0.25) is 0 Å². The van der Waals surface area contributed by atoms with Crippen LogP contribution in [0.25, 0.3) is 11.0 Å². The first kappa shape index (κ1) is 9.34. The SMILES string of the molecule is CC(CCl)Nc1noc2ccccc12. The zero-order valence-corrected chi connectivity index (χ0v) is 8.58. The zero-order valence-electron chi connectivity index (χ0n) is 7.83. The number of anilines is 1. The molecule has 0 spiro atoms. The van der Waals surface area contributed by atoms with E-state index in [0.717, 1.165) is 16.8 Å². The molecule has 1 heterocycles. The minimum absolute atomic E-state index is 0.185. The lowest BCUT2D eigenvalue weighted by atomic mass is 10.2. The van der Waals surface area contributed by atoms with Gasteiger partial charge in [-0.15, -0.1) is 11.6 Å². The largest absolute Gasteiger partial charge is 0.363 e. The van der Waals surface area contributed by atoms with Crippen molar-refractivity contribution in [1.82, 2.24) is 5.16 Å². The number of nitrogens with one attached hydrogen (secondary N) is 1. The van der Waals surface area contributed by atoms with Gasteiger partial charge >= 0.3 is 0 Å². The predicted octanol–water partition coefficient (Wildman–Crippen LogP) is 2.87. The molecule has 2 rings (SSSR count). The van der Waals surface area contributed by atoms with Crippen molar-refractivity contribution in [3.8, 4) is 0 Å². The number of aromatic nitrogens is 1. The molecule has 1 unspecified atom stereocenters. The maximum atomic E-state index is 5.70. The van der Waals surface area contributed by atoms with Gasteiger partial charge in [-0.05, 0) is 19.1 Å². The summed E-state index contributed by atoms with van der Waals surface area (Å²) in [7, 11) is 0. The second-order valence-electron chi connectivity index (χ2n) is 3.23. The number of nitrogens with zero attached hydrogens (tertiary/aromatic N) is 1. The van der Waals surface area contributed by atoms with Gasteiger partial charge in [0.15, 0.2) is 11.4 Å². The molecule has 74 valence electrons. The molecule has 1 aromatic heterocycles. The third kappa shape index (κ3) is 1.68. The number of para-hydroxylation sites is 1. The fourth-order valence-electron chi connectivity index (χ4n) is 1.26. The van der Waals surface area contributed by atoms with Crippen LogP contribution >= 0.6 is 11.6 Å². The van der Waals surface area contributed by atoms with Gasteiger partial charge < -0.3 is 9.84 Å². The van der Waals surface area contributed by atoms with Crippen molar-refractivity contribution in [3.63, 3.8) is 0 Å². The minimum Gasteiger partial charge on any atom is -0.363 e. The van der Waals surface area contributed by atoms with Gasteiger partial charge in [-0.2, -0.15) is 0 Å². The minimum atomic E-state index is 0.185. The summed E-state index contributed by atoms with van der Waals surface area (Å²) in [6.07, 6.45) is 0. The van der Waals surface area contributed by atoms with Crippen molar-refractivity contribution in [2.75, 3.05) is 11.2 Å². The molecule has 0 saturated heterocycles. The van der Waals surface area contributed by atoms with Crippen LogP contribution in [0.1, 0.15) is 6.92 Å². The molecule has 1 aromatic carbocycles. The third-order valence-electron chi connectivity index (χ3n) is 1.99. The number of hydrogen-bond acceptors (Lipinski definition) is 3. The number of rotatable bonds is 3. The first-order valence-electron chi connectivity index (χ1n) is 4.48. The van der Waals surface area contributed by atoms with E-state index in [9.17, 15) is 0 Å². The van der Waals surface area contributed by atoms with Crippen LogP contribution in [-0.4, -0.2) is 17.1 Å². The van der Waals surface area contributed by atoms with Crippen molar-refractivity contribution in [2.45, 2.75) is 13.0 Å². The zero-order chi connectivity index (χ0) is 9.97. The molecule has 0 aliphatic carbocycles. The highest BCUT2D eigenvalue weighted by Crippen LogP contribution is 2.22. The first-order chi connectivity index (χ1) is 6.81. The fourth-order valence-corrected chi connectivity index (χ4v) is 1.34. The topological polar surface area (TPSA) is 38.1 Å². The van der Waals surface area contributed by atoms with E-state index >= 15 is 0 Å². The van der Waals surface area contributed by atoms with Crippen LogP contribution in [0.3, 0.4) is 0 Å². The summed E-state index contributed by atoms with van der Waals surface area (Å²) in [5.74, 6) is 1.30. The van der Waals surface area contributed by atoms with E-state index < -0.39 is 0 Å². The van der Waals surface area contributed by atoms with E-state index in [4.69, 9.17) is 16.1 Å². The van der Waals surface area contributed by atoms with Crippen LogP contribution in [-0.2, 0) is 0 Å².